The van der Waals surface area contributed by atoms with Crippen LogP contribution in [0.15, 0.2) is 22.7 Å². The van der Waals surface area contributed by atoms with Crippen LogP contribution >= 0.6 is 15.9 Å². The van der Waals surface area contributed by atoms with Crippen molar-refractivity contribution in [3.05, 3.63) is 28.2 Å². The number of aliphatic hydroxyl groups is 1. The highest BCUT2D eigenvalue weighted by atomic mass is 79.9. The number of ketones is 1. The van der Waals surface area contributed by atoms with Crippen molar-refractivity contribution in [1.29, 1.82) is 0 Å². The van der Waals surface area contributed by atoms with Crippen molar-refractivity contribution in [2.24, 2.45) is 0 Å². The van der Waals surface area contributed by atoms with E-state index in [1.807, 2.05) is 18.2 Å². The molecule has 4 heteroatoms. The van der Waals surface area contributed by atoms with Crippen LogP contribution in [0.5, 0.6) is 0 Å². The van der Waals surface area contributed by atoms with Crippen molar-refractivity contribution in [1.82, 2.24) is 0 Å². The molecule has 1 atom stereocenters. The summed E-state index contributed by atoms with van der Waals surface area (Å²) in [6.07, 6.45) is 3.24. The minimum Gasteiger partial charge on any atom is -0.394 e. The highest BCUT2D eigenvalue weighted by Crippen LogP contribution is 2.30. The predicted molar refractivity (Wildman–Crippen MR) is 76.2 cm³/mol. The molecule has 1 aliphatic heterocycles. The lowest BCUT2D eigenvalue weighted by Gasteiger charge is -2.37. The van der Waals surface area contributed by atoms with Gasteiger partial charge in [-0.2, -0.15) is 0 Å². The fourth-order valence-electron chi connectivity index (χ4n) is 2.55. The Morgan fingerprint density at radius 3 is 2.94 bits per heavy atom. The van der Waals surface area contributed by atoms with Crippen LogP contribution in [0.3, 0.4) is 0 Å². The van der Waals surface area contributed by atoms with Crippen molar-refractivity contribution in [2.75, 3.05) is 18.1 Å². The Morgan fingerprint density at radius 2 is 2.28 bits per heavy atom. The molecule has 0 saturated carbocycles. The fourth-order valence-corrected chi connectivity index (χ4v) is 2.90. The minimum atomic E-state index is 0.0692. The Bertz CT molecular complexity index is 447. The molecule has 1 N–H and O–H groups in total. The number of rotatable bonds is 3. The molecule has 2 rings (SSSR count). The third-order valence-electron chi connectivity index (χ3n) is 3.49. The van der Waals surface area contributed by atoms with E-state index in [9.17, 15) is 9.90 Å². The number of nitrogens with zero attached hydrogens (tertiary/aromatic N) is 1. The number of halogens is 1. The number of Topliss-reactive ketones (excluding diaryl/α,β-unsaturated/α-hetero) is 1. The summed E-state index contributed by atoms with van der Waals surface area (Å²) in [6, 6.07) is 5.85. The summed E-state index contributed by atoms with van der Waals surface area (Å²) in [6.45, 7) is 2.64. The van der Waals surface area contributed by atoms with Gasteiger partial charge in [0.05, 0.1) is 12.6 Å². The predicted octanol–water partition coefficient (Wildman–Crippen LogP) is 3.00. The third kappa shape index (κ3) is 2.75. The van der Waals surface area contributed by atoms with E-state index in [1.54, 1.807) is 6.92 Å². The summed E-state index contributed by atoms with van der Waals surface area (Å²) < 4.78 is 0.963. The smallest absolute Gasteiger partial charge is 0.161 e. The first kappa shape index (κ1) is 13.6. The SMILES string of the molecule is CC(=O)c1ccc(Br)cc1N1CCCCC1CO. The van der Waals surface area contributed by atoms with E-state index in [1.165, 1.54) is 0 Å². The Balaban J connectivity index is 2.41. The van der Waals surface area contributed by atoms with Crippen LogP contribution in [-0.4, -0.2) is 30.1 Å². The van der Waals surface area contributed by atoms with E-state index in [4.69, 9.17) is 0 Å². The molecule has 98 valence electrons. The van der Waals surface area contributed by atoms with Gasteiger partial charge in [-0.3, -0.25) is 4.79 Å². The number of hydrogen-bond acceptors (Lipinski definition) is 3. The molecule has 0 bridgehead atoms. The normalized spacial score (nSPS) is 19.9. The van der Waals surface area contributed by atoms with E-state index < -0.39 is 0 Å². The molecule has 1 fully saturated rings. The van der Waals surface area contributed by atoms with Crippen LogP contribution in [-0.2, 0) is 0 Å². The molecule has 0 amide bonds. The number of anilines is 1. The Morgan fingerprint density at radius 1 is 1.50 bits per heavy atom. The molecule has 1 unspecified atom stereocenters. The van der Waals surface area contributed by atoms with Crippen LogP contribution in [0.4, 0.5) is 5.69 Å². The maximum atomic E-state index is 11.7. The van der Waals surface area contributed by atoms with Gasteiger partial charge in [-0.1, -0.05) is 15.9 Å². The summed E-state index contributed by atoms with van der Waals surface area (Å²) in [7, 11) is 0. The second-order valence-corrected chi connectivity index (χ2v) is 5.66. The Kier molecular flexibility index (Phi) is 4.40. The summed E-state index contributed by atoms with van der Waals surface area (Å²) >= 11 is 3.45. The van der Waals surface area contributed by atoms with Crippen LogP contribution in [0.25, 0.3) is 0 Å². The highest BCUT2D eigenvalue weighted by Gasteiger charge is 2.24. The number of carbonyl (C=O) groups excluding carboxylic acids is 1. The molecular formula is C14H18BrNO2. The van der Waals surface area contributed by atoms with Gasteiger partial charge in [-0.05, 0) is 44.4 Å². The first-order chi connectivity index (χ1) is 8.63. The van der Waals surface area contributed by atoms with Crippen molar-refractivity contribution in [3.63, 3.8) is 0 Å². The first-order valence-electron chi connectivity index (χ1n) is 6.31. The summed E-state index contributed by atoms with van der Waals surface area (Å²) in [4.78, 5) is 13.9. The lowest BCUT2D eigenvalue weighted by atomic mass is 9.99. The standard InChI is InChI=1S/C14H18BrNO2/c1-10(18)13-6-5-11(15)8-14(13)16-7-3-2-4-12(16)9-17/h5-6,8,12,17H,2-4,7,9H2,1H3. The maximum Gasteiger partial charge on any atom is 0.161 e. The molecule has 0 radical (unpaired) electrons. The van der Waals surface area contributed by atoms with Crippen molar-refractivity contribution in [2.45, 2.75) is 32.2 Å². The van der Waals surface area contributed by atoms with Gasteiger partial charge < -0.3 is 10.0 Å². The molecule has 1 aliphatic rings. The van der Waals surface area contributed by atoms with Crippen LogP contribution in [0, 0.1) is 0 Å². The van der Waals surface area contributed by atoms with Gasteiger partial charge in [-0.15, -0.1) is 0 Å². The summed E-state index contributed by atoms with van der Waals surface area (Å²) in [5, 5.41) is 9.48. The molecular weight excluding hydrogens is 294 g/mol. The third-order valence-corrected chi connectivity index (χ3v) is 3.98. The van der Waals surface area contributed by atoms with E-state index in [2.05, 4.69) is 20.8 Å². The average Bonchev–Trinajstić information content (AvgIpc) is 2.38. The highest BCUT2D eigenvalue weighted by molar-refractivity contribution is 9.10. The lowest BCUT2D eigenvalue weighted by Crippen LogP contribution is -2.42. The molecule has 0 aromatic heterocycles. The zero-order valence-corrected chi connectivity index (χ0v) is 12.1. The number of hydrogen-bond donors (Lipinski definition) is 1. The summed E-state index contributed by atoms with van der Waals surface area (Å²) in [5.41, 5.74) is 1.68. The second kappa shape index (κ2) is 5.85. The van der Waals surface area contributed by atoms with Gasteiger partial charge in [0.2, 0.25) is 0 Å². The van der Waals surface area contributed by atoms with E-state index in [-0.39, 0.29) is 18.4 Å². The second-order valence-electron chi connectivity index (χ2n) is 4.74. The monoisotopic (exact) mass is 311 g/mol. The quantitative estimate of drug-likeness (QED) is 0.872. The van der Waals surface area contributed by atoms with E-state index in [0.717, 1.165) is 41.5 Å². The zero-order valence-electron chi connectivity index (χ0n) is 10.5. The molecule has 0 spiro atoms. The molecule has 3 nitrogen and oxygen atoms in total. The topological polar surface area (TPSA) is 40.5 Å². The van der Waals surface area contributed by atoms with Crippen LogP contribution in [0.1, 0.15) is 36.5 Å². The number of piperidine rings is 1. The number of benzene rings is 1. The minimum absolute atomic E-state index is 0.0692. The van der Waals surface area contributed by atoms with Crippen LogP contribution < -0.4 is 4.90 Å². The average molecular weight is 312 g/mol. The van der Waals surface area contributed by atoms with Gasteiger partial charge in [-0.25, -0.2) is 0 Å². The number of aliphatic hydroxyl groups excluding tert-OH is 1. The number of carbonyl (C=O) groups is 1. The first-order valence-corrected chi connectivity index (χ1v) is 7.10. The molecule has 1 heterocycles. The largest absolute Gasteiger partial charge is 0.394 e. The van der Waals surface area contributed by atoms with E-state index >= 15 is 0 Å². The molecule has 1 saturated heterocycles. The molecule has 0 aliphatic carbocycles. The fraction of sp³-hybridized carbons (Fsp3) is 0.500. The lowest BCUT2D eigenvalue weighted by molar-refractivity contribution is 0.101. The Labute approximate surface area is 116 Å². The van der Waals surface area contributed by atoms with Crippen molar-refractivity contribution >= 4 is 27.4 Å². The van der Waals surface area contributed by atoms with E-state index in [0.29, 0.717) is 0 Å². The molecule has 18 heavy (non-hydrogen) atoms. The van der Waals surface area contributed by atoms with Gasteiger partial charge in [0, 0.05) is 22.3 Å². The van der Waals surface area contributed by atoms with Crippen LogP contribution in [0.2, 0.25) is 0 Å². The van der Waals surface area contributed by atoms with Gasteiger partial charge in [0.25, 0.3) is 0 Å². The molecule has 1 aromatic carbocycles. The zero-order chi connectivity index (χ0) is 13.1. The van der Waals surface area contributed by atoms with Crippen molar-refractivity contribution < 1.29 is 9.90 Å². The van der Waals surface area contributed by atoms with Gasteiger partial charge in [0.15, 0.2) is 5.78 Å². The Hall–Kier alpha value is -0.870. The van der Waals surface area contributed by atoms with Gasteiger partial charge in [0.1, 0.15) is 0 Å². The summed E-state index contributed by atoms with van der Waals surface area (Å²) in [5.74, 6) is 0.0692. The molecule has 1 aromatic rings. The van der Waals surface area contributed by atoms with Crippen molar-refractivity contribution in [3.8, 4) is 0 Å². The maximum absolute atomic E-state index is 11.7. The van der Waals surface area contributed by atoms with Gasteiger partial charge >= 0.3 is 0 Å².